The standard InChI is InChI=1S/C23H21F4N3O3/c1-4-17-19(9-10-21(29-17)32-3)30-22(31)16-7-6-15(33-23(25,26)27)12-20(16)28-18-8-5-14(24)11-13(18)2/h5-12,28H,4H2,1-3H3,(H,30,31). The van der Waals surface area contributed by atoms with E-state index < -0.39 is 23.8 Å². The fourth-order valence-corrected chi connectivity index (χ4v) is 3.10. The molecule has 2 N–H and O–H groups in total. The number of nitrogens with zero attached hydrogens (tertiary/aromatic N) is 1. The predicted octanol–water partition coefficient (Wildman–Crippen LogP) is 5.99. The molecule has 6 nitrogen and oxygen atoms in total. The van der Waals surface area contributed by atoms with Gasteiger partial charge in [0.2, 0.25) is 5.88 Å². The highest BCUT2D eigenvalue weighted by molar-refractivity contribution is 6.09. The number of hydrogen-bond acceptors (Lipinski definition) is 5. The first-order valence-electron chi connectivity index (χ1n) is 9.88. The molecule has 0 bridgehead atoms. The third-order valence-corrected chi connectivity index (χ3v) is 4.67. The summed E-state index contributed by atoms with van der Waals surface area (Å²) in [6.07, 6.45) is -4.40. The van der Waals surface area contributed by atoms with Crippen LogP contribution in [0.1, 0.15) is 28.5 Å². The first kappa shape index (κ1) is 23.8. The number of rotatable bonds is 7. The molecule has 1 amide bonds. The Labute approximate surface area is 187 Å². The summed E-state index contributed by atoms with van der Waals surface area (Å²) in [5.74, 6) is -1.18. The fraction of sp³-hybridized carbons (Fsp3) is 0.217. The van der Waals surface area contributed by atoms with Gasteiger partial charge in [-0.3, -0.25) is 4.79 Å². The summed E-state index contributed by atoms with van der Waals surface area (Å²) in [7, 11) is 1.47. The molecule has 174 valence electrons. The van der Waals surface area contributed by atoms with Gasteiger partial charge in [0.15, 0.2) is 0 Å². The van der Waals surface area contributed by atoms with Gasteiger partial charge in [-0.05, 0) is 55.3 Å². The zero-order valence-electron chi connectivity index (χ0n) is 18.0. The molecule has 0 aliphatic carbocycles. The highest BCUT2D eigenvalue weighted by Gasteiger charge is 2.31. The van der Waals surface area contributed by atoms with Gasteiger partial charge in [-0.2, -0.15) is 0 Å². The van der Waals surface area contributed by atoms with E-state index in [2.05, 4.69) is 20.4 Å². The number of carbonyl (C=O) groups is 1. The third-order valence-electron chi connectivity index (χ3n) is 4.67. The summed E-state index contributed by atoms with van der Waals surface area (Å²) in [5, 5.41) is 5.62. The molecule has 0 radical (unpaired) electrons. The summed E-state index contributed by atoms with van der Waals surface area (Å²) >= 11 is 0. The second-order valence-corrected chi connectivity index (χ2v) is 6.99. The lowest BCUT2D eigenvalue weighted by Crippen LogP contribution is -2.18. The van der Waals surface area contributed by atoms with Crippen molar-refractivity contribution in [1.82, 2.24) is 4.98 Å². The first-order chi connectivity index (χ1) is 15.6. The van der Waals surface area contributed by atoms with Crippen molar-refractivity contribution in [3.8, 4) is 11.6 Å². The van der Waals surface area contributed by atoms with E-state index in [-0.39, 0.29) is 11.3 Å². The van der Waals surface area contributed by atoms with E-state index in [1.165, 1.54) is 31.4 Å². The number of benzene rings is 2. The van der Waals surface area contributed by atoms with Crippen molar-refractivity contribution in [2.24, 2.45) is 0 Å². The van der Waals surface area contributed by atoms with Gasteiger partial charge in [-0.25, -0.2) is 9.37 Å². The Morgan fingerprint density at radius 2 is 1.76 bits per heavy atom. The van der Waals surface area contributed by atoms with Gasteiger partial charge in [0.25, 0.3) is 5.91 Å². The number of amides is 1. The van der Waals surface area contributed by atoms with Crippen LogP contribution in [0, 0.1) is 12.7 Å². The molecule has 3 rings (SSSR count). The van der Waals surface area contributed by atoms with Crippen LogP contribution in [0.3, 0.4) is 0 Å². The lowest BCUT2D eigenvalue weighted by Gasteiger charge is -2.17. The normalized spacial score (nSPS) is 11.1. The maximum absolute atomic E-state index is 13.5. The molecule has 3 aromatic rings. The van der Waals surface area contributed by atoms with Gasteiger partial charge in [0.1, 0.15) is 11.6 Å². The van der Waals surface area contributed by atoms with E-state index in [1.807, 2.05) is 6.92 Å². The van der Waals surface area contributed by atoms with E-state index >= 15 is 0 Å². The van der Waals surface area contributed by atoms with E-state index in [0.717, 1.165) is 12.1 Å². The number of alkyl halides is 3. The van der Waals surface area contributed by atoms with Gasteiger partial charge in [0, 0.05) is 17.8 Å². The zero-order valence-corrected chi connectivity index (χ0v) is 18.0. The van der Waals surface area contributed by atoms with Gasteiger partial charge in [-0.15, -0.1) is 13.2 Å². The minimum atomic E-state index is -4.91. The molecule has 0 saturated heterocycles. The van der Waals surface area contributed by atoms with Crippen LogP contribution in [-0.4, -0.2) is 24.4 Å². The number of aromatic nitrogens is 1. The van der Waals surface area contributed by atoms with Crippen LogP contribution in [0.15, 0.2) is 48.5 Å². The lowest BCUT2D eigenvalue weighted by atomic mass is 10.1. The van der Waals surface area contributed by atoms with Crippen LogP contribution in [0.4, 0.5) is 34.6 Å². The van der Waals surface area contributed by atoms with Gasteiger partial charge < -0.3 is 20.1 Å². The molecule has 1 aromatic heterocycles. The van der Waals surface area contributed by atoms with Crippen LogP contribution in [0.5, 0.6) is 11.6 Å². The van der Waals surface area contributed by atoms with Crippen LogP contribution >= 0.6 is 0 Å². The first-order valence-corrected chi connectivity index (χ1v) is 9.88. The Balaban J connectivity index is 1.98. The van der Waals surface area contributed by atoms with Crippen molar-refractivity contribution in [3.05, 3.63) is 71.2 Å². The quantitative estimate of drug-likeness (QED) is 0.421. The van der Waals surface area contributed by atoms with Crippen molar-refractivity contribution < 1.29 is 31.8 Å². The van der Waals surface area contributed by atoms with Crippen molar-refractivity contribution in [2.45, 2.75) is 26.6 Å². The molecule has 0 aliphatic rings. The lowest BCUT2D eigenvalue weighted by molar-refractivity contribution is -0.274. The van der Waals surface area contributed by atoms with E-state index in [9.17, 15) is 22.4 Å². The van der Waals surface area contributed by atoms with Gasteiger partial charge >= 0.3 is 6.36 Å². The summed E-state index contributed by atoms with van der Waals surface area (Å²) in [4.78, 5) is 17.3. The molecule has 0 spiro atoms. The molecule has 1 heterocycles. The molecule has 0 unspecified atom stereocenters. The molecule has 33 heavy (non-hydrogen) atoms. The van der Waals surface area contributed by atoms with E-state index in [0.29, 0.717) is 34.9 Å². The van der Waals surface area contributed by atoms with Crippen molar-refractivity contribution >= 4 is 23.0 Å². The Morgan fingerprint density at radius 1 is 1.03 bits per heavy atom. The fourth-order valence-electron chi connectivity index (χ4n) is 3.10. The van der Waals surface area contributed by atoms with Crippen LogP contribution < -0.4 is 20.1 Å². The second-order valence-electron chi connectivity index (χ2n) is 6.99. The van der Waals surface area contributed by atoms with Crippen molar-refractivity contribution in [1.29, 1.82) is 0 Å². The molecule has 10 heteroatoms. The minimum Gasteiger partial charge on any atom is -0.481 e. The van der Waals surface area contributed by atoms with Crippen LogP contribution in [0.25, 0.3) is 0 Å². The molecule has 2 aromatic carbocycles. The monoisotopic (exact) mass is 463 g/mol. The second kappa shape index (κ2) is 9.76. The average Bonchev–Trinajstić information content (AvgIpc) is 2.75. The smallest absolute Gasteiger partial charge is 0.481 e. The molecule has 0 atom stereocenters. The molecule has 0 saturated carbocycles. The Bertz CT molecular complexity index is 1170. The number of aryl methyl sites for hydroxylation is 2. The van der Waals surface area contributed by atoms with E-state index in [4.69, 9.17) is 4.74 Å². The number of carbonyl (C=O) groups excluding carboxylic acids is 1. The highest BCUT2D eigenvalue weighted by atomic mass is 19.4. The Kier molecular flexibility index (Phi) is 7.05. The summed E-state index contributed by atoms with van der Waals surface area (Å²) in [6.45, 7) is 3.47. The number of nitrogens with one attached hydrogen (secondary N) is 2. The topological polar surface area (TPSA) is 72.5 Å². The Hall–Kier alpha value is -3.82. The molecular formula is C23H21F4N3O3. The number of ether oxygens (including phenoxy) is 2. The molecule has 0 fully saturated rings. The average molecular weight is 463 g/mol. The van der Waals surface area contributed by atoms with Gasteiger partial charge in [0.05, 0.1) is 29.7 Å². The third kappa shape index (κ3) is 6.12. The van der Waals surface area contributed by atoms with Crippen molar-refractivity contribution in [2.75, 3.05) is 17.7 Å². The Morgan fingerprint density at radius 3 is 2.39 bits per heavy atom. The maximum Gasteiger partial charge on any atom is 0.573 e. The zero-order chi connectivity index (χ0) is 24.2. The maximum atomic E-state index is 13.5. The number of anilines is 3. The largest absolute Gasteiger partial charge is 0.573 e. The molecular weight excluding hydrogens is 442 g/mol. The van der Waals surface area contributed by atoms with E-state index in [1.54, 1.807) is 19.1 Å². The number of hydrogen-bond donors (Lipinski definition) is 2. The minimum absolute atomic E-state index is 0.0449. The summed E-state index contributed by atoms with van der Waals surface area (Å²) < 4.78 is 60.7. The summed E-state index contributed by atoms with van der Waals surface area (Å²) in [5.41, 5.74) is 2.01. The highest BCUT2D eigenvalue weighted by Crippen LogP contribution is 2.31. The SMILES string of the molecule is CCc1nc(OC)ccc1NC(=O)c1ccc(OC(F)(F)F)cc1Nc1ccc(F)cc1C. The van der Waals surface area contributed by atoms with Crippen LogP contribution in [0.2, 0.25) is 0 Å². The molecule has 0 aliphatic heterocycles. The van der Waals surface area contributed by atoms with Gasteiger partial charge in [-0.1, -0.05) is 6.92 Å². The number of halogens is 4. The number of pyridine rings is 1. The summed E-state index contributed by atoms with van der Waals surface area (Å²) in [6, 6.07) is 10.4. The van der Waals surface area contributed by atoms with Crippen molar-refractivity contribution in [3.63, 3.8) is 0 Å². The number of methoxy groups -OCH3 is 1. The van der Waals surface area contributed by atoms with Crippen LogP contribution in [-0.2, 0) is 6.42 Å². The predicted molar refractivity (Wildman–Crippen MR) is 116 cm³/mol.